The number of likely N-dealkylation sites (tertiary alicyclic amines) is 1. The van der Waals surface area contributed by atoms with E-state index in [4.69, 9.17) is 4.74 Å². The minimum Gasteiger partial charge on any atom is -0.410 e. The maximum absolute atomic E-state index is 11.9. The van der Waals surface area contributed by atoms with Crippen molar-refractivity contribution < 1.29 is 9.53 Å². The number of benzene rings is 1. The Morgan fingerprint density at radius 2 is 1.94 bits per heavy atom. The van der Waals surface area contributed by atoms with Gasteiger partial charge < -0.3 is 9.64 Å². The molecule has 1 aliphatic rings. The predicted molar refractivity (Wildman–Crippen MR) is 67.1 cm³/mol. The number of hydrogen-bond acceptors (Lipinski definition) is 2. The number of para-hydroxylation sites is 1. The van der Waals surface area contributed by atoms with Gasteiger partial charge in [-0.2, -0.15) is 0 Å². The van der Waals surface area contributed by atoms with Gasteiger partial charge in [0.1, 0.15) is 5.75 Å². The fourth-order valence-corrected chi connectivity index (χ4v) is 2.18. The fraction of sp³-hybridized carbons (Fsp3) is 0.500. The molecule has 0 radical (unpaired) electrons. The van der Waals surface area contributed by atoms with Crippen molar-refractivity contribution in [2.24, 2.45) is 5.92 Å². The summed E-state index contributed by atoms with van der Waals surface area (Å²) in [5, 5.41) is 0. The maximum Gasteiger partial charge on any atom is 0.415 e. The van der Waals surface area contributed by atoms with Crippen LogP contribution in [0.4, 0.5) is 4.79 Å². The third-order valence-corrected chi connectivity index (χ3v) is 3.40. The van der Waals surface area contributed by atoms with Crippen LogP contribution in [0.2, 0.25) is 0 Å². The van der Waals surface area contributed by atoms with Crippen molar-refractivity contribution >= 4 is 6.09 Å². The SMILES string of the molecule is CCC1CCN(C(=O)Oc2ccccc2)CC1. The summed E-state index contributed by atoms with van der Waals surface area (Å²) in [4.78, 5) is 13.7. The lowest BCUT2D eigenvalue weighted by atomic mass is 9.95. The molecule has 1 saturated heterocycles. The van der Waals surface area contributed by atoms with Crippen LogP contribution in [0.1, 0.15) is 26.2 Å². The van der Waals surface area contributed by atoms with Crippen molar-refractivity contribution in [1.29, 1.82) is 0 Å². The van der Waals surface area contributed by atoms with E-state index < -0.39 is 0 Å². The van der Waals surface area contributed by atoms with E-state index in [1.807, 2.05) is 18.2 Å². The first-order valence-corrected chi connectivity index (χ1v) is 6.31. The summed E-state index contributed by atoms with van der Waals surface area (Å²) in [6.07, 6.45) is 3.19. The fourth-order valence-electron chi connectivity index (χ4n) is 2.18. The predicted octanol–water partition coefficient (Wildman–Crippen LogP) is 3.31. The van der Waals surface area contributed by atoms with E-state index in [1.54, 1.807) is 17.0 Å². The van der Waals surface area contributed by atoms with Crippen molar-refractivity contribution in [3.05, 3.63) is 30.3 Å². The van der Waals surface area contributed by atoms with Gasteiger partial charge in [-0.25, -0.2) is 4.79 Å². The molecule has 3 nitrogen and oxygen atoms in total. The molecule has 92 valence electrons. The molecule has 0 unspecified atom stereocenters. The molecular formula is C14H19NO2. The van der Waals surface area contributed by atoms with Gasteiger partial charge >= 0.3 is 6.09 Å². The lowest BCUT2D eigenvalue weighted by Gasteiger charge is -2.30. The molecule has 1 amide bonds. The third-order valence-electron chi connectivity index (χ3n) is 3.40. The topological polar surface area (TPSA) is 29.5 Å². The molecular weight excluding hydrogens is 214 g/mol. The van der Waals surface area contributed by atoms with E-state index in [2.05, 4.69) is 6.92 Å². The van der Waals surface area contributed by atoms with E-state index in [0.29, 0.717) is 5.75 Å². The molecule has 0 bridgehead atoms. The van der Waals surface area contributed by atoms with Gasteiger partial charge in [0.15, 0.2) is 0 Å². The first kappa shape index (κ1) is 12.0. The van der Waals surface area contributed by atoms with Gasteiger partial charge in [-0.05, 0) is 30.9 Å². The van der Waals surface area contributed by atoms with Crippen LogP contribution in [0.15, 0.2) is 30.3 Å². The largest absolute Gasteiger partial charge is 0.415 e. The van der Waals surface area contributed by atoms with Crippen molar-refractivity contribution in [3.63, 3.8) is 0 Å². The molecule has 0 saturated carbocycles. The van der Waals surface area contributed by atoms with Gasteiger partial charge in [-0.3, -0.25) is 0 Å². The number of ether oxygens (including phenoxy) is 1. The Hall–Kier alpha value is -1.51. The molecule has 1 heterocycles. The van der Waals surface area contributed by atoms with Crippen molar-refractivity contribution in [1.82, 2.24) is 4.90 Å². The standard InChI is InChI=1S/C14H19NO2/c1-2-12-8-10-15(11-9-12)14(16)17-13-6-4-3-5-7-13/h3-7,12H,2,8-11H2,1H3. The van der Waals surface area contributed by atoms with Gasteiger partial charge in [0.25, 0.3) is 0 Å². The summed E-state index contributed by atoms with van der Waals surface area (Å²) in [6.45, 7) is 3.86. The zero-order valence-electron chi connectivity index (χ0n) is 10.3. The lowest BCUT2D eigenvalue weighted by molar-refractivity contribution is 0.130. The van der Waals surface area contributed by atoms with Crippen molar-refractivity contribution in [2.75, 3.05) is 13.1 Å². The molecule has 17 heavy (non-hydrogen) atoms. The van der Waals surface area contributed by atoms with Crippen LogP contribution in [0.3, 0.4) is 0 Å². The number of amides is 1. The molecule has 1 aromatic rings. The summed E-state index contributed by atoms with van der Waals surface area (Å²) in [6, 6.07) is 9.25. The van der Waals surface area contributed by atoms with Crippen LogP contribution in [0.25, 0.3) is 0 Å². The number of carbonyl (C=O) groups is 1. The van der Waals surface area contributed by atoms with Crippen LogP contribution < -0.4 is 4.74 Å². The summed E-state index contributed by atoms with van der Waals surface area (Å²) in [7, 11) is 0. The first-order valence-electron chi connectivity index (χ1n) is 6.31. The number of carbonyl (C=O) groups excluding carboxylic acids is 1. The molecule has 1 aliphatic heterocycles. The van der Waals surface area contributed by atoms with Crippen LogP contribution in [0.5, 0.6) is 5.75 Å². The summed E-state index contributed by atoms with van der Waals surface area (Å²) < 4.78 is 5.31. The highest BCUT2D eigenvalue weighted by Crippen LogP contribution is 2.21. The van der Waals surface area contributed by atoms with Crippen LogP contribution in [-0.2, 0) is 0 Å². The minimum absolute atomic E-state index is 0.217. The molecule has 0 aromatic heterocycles. The quantitative estimate of drug-likeness (QED) is 0.784. The van der Waals surface area contributed by atoms with Crippen LogP contribution in [0, 0.1) is 5.92 Å². The van der Waals surface area contributed by atoms with Gasteiger partial charge in [0.2, 0.25) is 0 Å². The second kappa shape index (κ2) is 5.71. The zero-order chi connectivity index (χ0) is 12.1. The Kier molecular flexibility index (Phi) is 4.02. The molecule has 1 aromatic carbocycles. The van der Waals surface area contributed by atoms with E-state index in [0.717, 1.165) is 31.8 Å². The highest BCUT2D eigenvalue weighted by Gasteiger charge is 2.22. The van der Waals surface area contributed by atoms with Crippen molar-refractivity contribution in [3.8, 4) is 5.75 Å². The maximum atomic E-state index is 11.9. The van der Waals surface area contributed by atoms with Crippen LogP contribution in [-0.4, -0.2) is 24.1 Å². The highest BCUT2D eigenvalue weighted by atomic mass is 16.6. The van der Waals surface area contributed by atoms with Gasteiger partial charge in [0.05, 0.1) is 0 Å². The Labute approximate surface area is 102 Å². The lowest BCUT2D eigenvalue weighted by Crippen LogP contribution is -2.40. The normalized spacial score (nSPS) is 16.9. The summed E-state index contributed by atoms with van der Waals surface area (Å²) in [5.41, 5.74) is 0. The minimum atomic E-state index is -0.217. The van der Waals surface area contributed by atoms with Gasteiger partial charge in [-0.15, -0.1) is 0 Å². The number of rotatable bonds is 2. The number of piperidine rings is 1. The summed E-state index contributed by atoms with van der Waals surface area (Å²) in [5.74, 6) is 1.39. The van der Waals surface area contributed by atoms with E-state index in [1.165, 1.54) is 6.42 Å². The Morgan fingerprint density at radius 1 is 1.29 bits per heavy atom. The van der Waals surface area contributed by atoms with Crippen LogP contribution >= 0.6 is 0 Å². The average molecular weight is 233 g/mol. The second-order valence-corrected chi connectivity index (χ2v) is 4.52. The molecule has 0 atom stereocenters. The number of hydrogen-bond donors (Lipinski definition) is 0. The Bertz CT molecular complexity index is 356. The Morgan fingerprint density at radius 3 is 2.53 bits per heavy atom. The molecule has 3 heteroatoms. The third kappa shape index (κ3) is 3.22. The molecule has 1 fully saturated rings. The van der Waals surface area contributed by atoms with Crippen molar-refractivity contribution in [2.45, 2.75) is 26.2 Å². The van der Waals surface area contributed by atoms with E-state index in [9.17, 15) is 4.79 Å². The smallest absolute Gasteiger partial charge is 0.410 e. The first-order chi connectivity index (χ1) is 8.29. The summed E-state index contributed by atoms with van der Waals surface area (Å²) >= 11 is 0. The molecule has 0 aliphatic carbocycles. The second-order valence-electron chi connectivity index (χ2n) is 4.52. The highest BCUT2D eigenvalue weighted by molar-refractivity contribution is 5.70. The average Bonchev–Trinajstić information content (AvgIpc) is 2.40. The zero-order valence-corrected chi connectivity index (χ0v) is 10.3. The molecule has 0 N–H and O–H groups in total. The molecule has 0 spiro atoms. The molecule has 2 rings (SSSR count). The van der Waals surface area contributed by atoms with E-state index >= 15 is 0 Å². The number of nitrogens with zero attached hydrogens (tertiary/aromatic N) is 1. The monoisotopic (exact) mass is 233 g/mol. The van der Waals surface area contributed by atoms with E-state index in [-0.39, 0.29) is 6.09 Å². The Balaban J connectivity index is 1.85. The van der Waals surface area contributed by atoms with Gasteiger partial charge in [0, 0.05) is 13.1 Å². The van der Waals surface area contributed by atoms with Gasteiger partial charge in [-0.1, -0.05) is 31.5 Å².